The SMILES string of the molecule is Cc1ccccc1N(C)c1ncnc(N)c1[N+](=O)[O-]. The van der Waals surface area contributed by atoms with Crippen molar-refractivity contribution in [3.63, 3.8) is 0 Å². The number of benzene rings is 1. The Morgan fingerprint density at radius 3 is 2.63 bits per heavy atom. The van der Waals surface area contributed by atoms with Crippen LogP contribution in [-0.2, 0) is 0 Å². The molecule has 0 aliphatic heterocycles. The summed E-state index contributed by atoms with van der Waals surface area (Å²) in [4.78, 5) is 19.8. The maximum atomic E-state index is 11.1. The molecule has 98 valence electrons. The van der Waals surface area contributed by atoms with E-state index in [9.17, 15) is 10.1 Å². The van der Waals surface area contributed by atoms with Gasteiger partial charge in [0.1, 0.15) is 6.33 Å². The Hall–Kier alpha value is -2.70. The summed E-state index contributed by atoms with van der Waals surface area (Å²) in [7, 11) is 1.71. The van der Waals surface area contributed by atoms with Crippen LogP contribution in [0.2, 0.25) is 0 Å². The lowest BCUT2D eigenvalue weighted by Gasteiger charge is -2.20. The van der Waals surface area contributed by atoms with E-state index in [4.69, 9.17) is 5.73 Å². The minimum absolute atomic E-state index is 0.143. The Bertz CT molecular complexity index is 629. The number of para-hydroxylation sites is 1. The fourth-order valence-corrected chi connectivity index (χ4v) is 1.86. The predicted octanol–water partition coefficient (Wildman–Crippen LogP) is 2.04. The van der Waals surface area contributed by atoms with E-state index in [0.29, 0.717) is 0 Å². The second-order valence-electron chi connectivity index (χ2n) is 4.03. The summed E-state index contributed by atoms with van der Waals surface area (Å²) in [6, 6.07) is 7.53. The lowest BCUT2D eigenvalue weighted by Crippen LogP contribution is -2.15. The average Bonchev–Trinajstić information content (AvgIpc) is 2.37. The number of aryl methyl sites for hydroxylation is 1. The fourth-order valence-electron chi connectivity index (χ4n) is 1.86. The van der Waals surface area contributed by atoms with E-state index in [2.05, 4.69) is 9.97 Å². The average molecular weight is 259 g/mol. The molecule has 0 fully saturated rings. The van der Waals surface area contributed by atoms with Crippen molar-refractivity contribution < 1.29 is 4.92 Å². The molecule has 7 nitrogen and oxygen atoms in total. The largest absolute Gasteiger partial charge is 0.378 e. The van der Waals surface area contributed by atoms with Crippen LogP contribution in [0.15, 0.2) is 30.6 Å². The number of aromatic nitrogens is 2. The summed E-state index contributed by atoms with van der Waals surface area (Å²) in [5, 5.41) is 11.1. The van der Waals surface area contributed by atoms with Crippen LogP contribution in [0.3, 0.4) is 0 Å². The van der Waals surface area contributed by atoms with Gasteiger partial charge in [0.15, 0.2) is 0 Å². The smallest absolute Gasteiger partial charge is 0.353 e. The van der Waals surface area contributed by atoms with Crippen molar-refractivity contribution in [2.45, 2.75) is 6.92 Å². The summed E-state index contributed by atoms with van der Waals surface area (Å²) in [6.45, 7) is 1.92. The van der Waals surface area contributed by atoms with Gasteiger partial charge in [-0.15, -0.1) is 0 Å². The van der Waals surface area contributed by atoms with Gasteiger partial charge in [0, 0.05) is 12.7 Å². The van der Waals surface area contributed by atoms with Gasteiger partial charge >= 0.3 is 5.69 Å². The zero-order valence-corrected chi connectivity index (χ0v) is 10.6. The number of nitro groups is 1. The molecule has 0 saturated heterocycles. The first-order valence-electron chi connectivity index (χ1n) is 5.56. The van der Waals surface area contributed by atoms with E-state index in [1.54, 1.807) is 11.9 Å². The fraction of sp³-hybridized carbons (Fsp3) is 0.167. The van der Waals surface area contributed by atoms with Gasteiger partial charge in [-0.1, -0.05) is 18.2 Å². The van der Waals surface area contributed by atoms with Gasteiger partial charge < -0.3 is 10.6 Å². The summed E-state index contributed by atoms with van der Waals surface area (Å²) in [6.07, 6.45) is 1.21. The maximum Gasteiger partial charge on any atom is 0.353 e. The van der Waals surface area contributed by atoms with Gasteiger partial charge in [-0.25, -0.2) is 9.97 Å². The number of nitrogen functional groups attached to an aromatic ring is 1. The lowest BCUT2D eigenvalue weighted by atomic mass is 10.2. The van der Waals surface area contributed by atoms with Crippen LogP contribution in [0.5, 0.6) is 0 Å². The van der Waals surface area contributed by atoms with Crippen LogP contribution < -0.4 is 10.6 Å². The molecule has 7 heteroatoms. The maximum absolute atomic E-state index is 11.1. The zero-order valence-electron chi connectivity index (χ0n) is 10.6. The summed E-state index contributed by atoms with van der Waals surface area (Å²) in [5.74, 6) is 0.0298. The molecule has 0 unspecified atom stereocenters. The van der Waals surface area contributed by atoms with E-state index < -0.39 is 4.92 Å². The van der Waals surface area contributed by atoms with Crippen molar-refractivity contribution in [1.29, 1.82) is 0 Å². The van der Waals surface area contributed by atoms with Crippen LogP contribution >= 0.6 is 0 Å². The Kier molecular flexibility index (Phi) is 3.28. The third kappa shape index (κ3) is 2.30. The quantitative estimate of drug-likeness (QED) is 0.669. The van der Waals surface area contributed by atoms with Crippen molar-refractivity contribution in [3.05, 3.63) is 46.3 Å². The van der Waals surface area contributed by atoms with Crippen molar-refractivity contribution in [2.24, 2.45) is 0 Å². The van der Waals surface area contributed by atoms with Crippen LogP contribution in [0.1, 0.15) is 5.56 Å². The number of hydrogen-bond acceptors (Lipinski definition) is 6. The van der Waals surface area contributed by atoms with E-state index in [1.165, 1.54) is 6.33 Å². The third-order valence-electron chi connectivity index (χ3n) is 2.81. The van der Waals surface area contributed by atoms with Crippen molar-refractivity contribution in [3.8, 4) is 0 Å². The van der Waals surface area contributed by atoms with E-state index in [0.717, 1.165) is 11.3 Å². The van der Waals surface area contributed by atoms with Gasteiger partial charge in [-0.3, -0.25) is 10.1 Å². The molecule has 1 heterocycles. The molecule has 0 bridgehead atoms. The molecule has 19 heavy (non-hydrogen) atoms. The molecule has 0 aliphatic rings. The first-order valence-corrected chi connectivity index (χ1v) is 5.56. The standard InChI is InChI=1S/C12H13N5O2/c1-8-5-3-4-6-9(8)16(2)12-10(17(18)19)11(13)14-7-15-12/h3-7H,1-2H3,(H2,13,14,15). The van der Waals surface area contributed by atoms with Crippen molar-refractivity contribution in [2.75, 3.05) is 17.7 Å². The number of rotatable bonds is 3. The van der Waals surface area contributed by atoms with Crippen LogP contribution in [0, 0.1) is 17.0 Å². The molecule has 2 rings (SSSR count). The first kappa shape index (κ1) is 12.7. The number of hydrogen-bond donors (Lipinski definition) is 1. The highest BCUT2D eigenvalue weighted by Gasteiger charge is 2.24. The second kappa shape index (κ2) is 4.89. The van der Waals surface area contributed by atoms with Crippen LogP contribution in [0.25, 0.3) is 0 Å². The van der Waals surface area contributed by atoms with Gasteiger partial charge in [0.2, 0.25) is 11.6 Å². The first-order chi connectivity index (χ1) is 9.02. The molecular formula is C12H13N5O2. The molecule has 0 spiro atoms. The van der Waals surface area contributed by atoms with Crippen molar-refractivity contribution in [1.82, 2.24) is 9.97 Å². The summed E-state index contributed by atoms with van der Waals surface area (Å²) in [5.41, 5.74) is 7.08. The molecule has 0 radical (unpaired) electrons. The Labute approximate surface area is 109 Å². The molecule has 2 aromatic rings. The monoisotopic (exact) mass is 259 g/mol. The second-order valence-corrected chi connectivity index (χ2v) is 4.03. The van der Waals surface area contributed by atoms with E-state index in [1.807, 2.05) is 31.2 Å². The molecule has 1 aromatic carbocycles. The zero-order chi connectivity index (χ0) is 14.0. The Balaban J connectivity index is 2.57. The van der Waals surface area contributed by atoms with E-state index in [-0.39, 0.29) is 17.3 Å². The Morgan fingerprint density at radius 1 is 1.32 bits per heavy atom. The summed E-state index contributed by atoms with van der Waals surface area (Å²) < 4.78 is 0. The normalized spacial score (nSPS) is 10.2. The molecule has 0 aliphatic carbocycles. The number of anilines is 3. The minimum atomic E-state index is -0.570. The Morgan fingerprint density at radius 2 is 2.00 bits per heavy atom. The number of nitrogens with zero attached hydrogens (tertiary/aromatic N) is 4. The number of nitrogens with two attached hydrogens (primary N) is 1. The van der Waals surface area contributed by atoms with Gasteiger partial charge in [0.25, 0.3) is 0 Å². The topological polar surface area (TPSA) is 98.2 Å². The van der Waals surface area contributed by atoms with Crippen LogP contribution in [-0.4, -0.2) is 21.9 Å². The highest BCUT2D eigenvalue weighted by Crippen LogP contribution is 2.34. The predicted molar refractivity (Wildman–Crippen MR) is 72.3 cm³/mol. The van der Waals surface area contributed by atoms with Gasteiger partial charge in [-0.05, 0) is 18.6 Å². The highest BCUT2D eigenvalue weighted by atomic mass is 16.6. The molecule has 0 saturated carbocycles. The van der Waals surface area contributed by atoms with Gasteiger partial charge in [0.05, 0.1) is 4.92 Å². The highest BCUT2D eigenvalue weighted by molar-refractivity contribution is 5.75. The molecule has 2 N–H and O–H groups in total. The van der Waals surface area contributed by atoms with Gasteiger partial charge in [-0.2, -0.15) is 0 Å². The molecular weight excluding hydrogens is 246 g/mol. The summed E-state index contributed by atoms with van der Waals surface area (Å²) >= 11 is 0. The molecule has 0 atom stereocenters. The molecule has 0 amide bonds. The molecule has 1 aromatic heterocycles. The van der Waals surface area contributed by atoms with Crippen LogP contribution in [0.4, 0.5) is 23.0 Å². The third-order valence-corrected chi connectivity index (χ3v) is 2.81. The lowest BCUT2D eigenvalue weighted by molar-refractivity contribution is -0.383. The van der Waals surface area contributed by atoms with Crippen molar-refractivity contribution >= 4 is 23.0 Å². The minimum Gasteiger partial charge on any atom is -0.378 e. The van der Waals surface area contributed by atoms with E-state index >= 15 is 0 Å².